The van der Waals surface area contributed by atoms with Crippen LogP contribution in [0, 0.1) is 0 Å². The molecule has 0 saturated carbocycles. The standard InChI is InChI=1S/C10H9NO5/c12-8(13)5-11-9(14)6-3-1-2-4-7(6)10(15)16/h1-4H,5H2,(H,11,14)(H,12,13)(H,15,16). The second kappa shape index (κ2) is 4.92. The molecular weight excluding hydrogens is 214 g/mol. The molecule has 0 aromatic heterocycles. The Bertz CT molecular complexity index is 441. The minimum absolute atomic E-state index is 0.0590. The number of carboxylic acid groups (broad SMARTS) is 2. The summed E-state index contributed by atoms with van der Waals surface area (Å²) in [6.45, 7) is -0.549. The van der Waals surface area contributed by atoms with Gasteiger partial charge in [0.05, 0.1) is 11.1 Å². The van der Waals surface area contributed by atoms with Crippen LogP contribution in [0.3, 0.4) is 0 Å². The Labute approximate surface area is 90.5 Å². The Kier molecular flexibility index (Phi) is 3.60. The third-order valence-corrected chi connectivity index (χ3v) is 1.80. The van der Waals surface area contributed by atoms with Gasteiger partial charge in [-0.15, -0.1) is 0 Å². The number of rotatable bonds is 4. The molecule has 6 nitrogen and oxygen atoms in total. The average Bonchev–Trinajstić information content (AvgIpc) is 2.25. The number of carbonyl (C=O) groups is 3. The lowest BCUT2D eigenvalue weighted by atomic mass is 10.1. The Morgan fingerprint density at radius 3 is 2.12 bits per heavy atom. The van der Waals surface area contributed by atoms with E-state index in [1.807, 2.05) is 0 Å². The zero-order chi connectivity index (χ0) is 12.1. The van der Waals surface area contributed by atoms with Crippen molar-refractivity contribution in [2.24, 2.45) is 0 Å². The number of nitrogens with one attached hydrogen (secondary N) is 1. The van der Waals surface area contributed by atoms with E-state index in [1.165, 1.54) is 24.3 Å². The molecule has 1 aromatic carbocycles. The predicted molar refractivity (Wildman–Crippen MR) is 53.4 cm³/mol. The minimum Gasteiger partial charge on any atom is -0.480 e. The molecule has 0 heterocycles. The lowest BCUT2D eigenvalue weighted by Crippen LogP contribution is -2.30. The maximum Gasteiger partial charge on any atom is 0.336 e. The average molecular weight is 223 g/mol. The first-order chi connectivity index (χ1) is 7.52. The molecule has 0 bridgehead atoms. The third-order valence-electron chi connectivity index (χ3n) is 1.80. The van der Waals surface area contributed by atoms with Crippen LogP contribution < -0.4 is 5.32 Å². The van der Waals surface area contributed by atoms with Gasteiger partial charge in [0.2, 0.25) is 0 Å². The van der Waals surface area contributed by atoms with Crippen LogP contribution in [0.25, 0.3) is 0 Å². The molecule has 6 heteroatoms. The van der Waals surface area contributed by atoms with E-state index in [2.05, 4.69) is 5.32 Å². The van der Waals surface area contributed by atoms with Gasteiger partial charge in [-0.1, -0.05) is 12.1 Å². The second-order valence-electron chi connectivity index (χ2n) is 2.93. The number of carboxylic acids is 2. The summed E-state index contributed by atoms with van der Waals surface area (Å²) < 4.78 is 0. The Hall–Kier alpha value is -2.37. The van der Waals surface area contributed by atoms with Crippen LogP contribution in [-0.4, -0.2) is 34.6 Å². The first-order valence-electron chi connectivity index (χ1n) is 4.34. The summed E-state index contributed by atoms with van der Waals surface area (Å²) in [5.74, 6) is -3.15. The number of amides is 1. The molecule has 84 valence electrons. The molecule has 0 spiro atoms. The van der Waals surface area contributed by atoms with Crippen LogP contribution in [0.15, 0.2) is 24.3 Å². The van der Waals surface area contributed by atoms with Crippen molar-refractivity contribution in [2.45, 2.75) is 0 Å². The molecule has 1 aromatic rings. The van der Waals surface area contributed by atoms with E-state index in [-0.39, 0.29) is 11.1 Å². The second-order valence-corrected chi connectivity index (χ2v) is 2.93. The Morgan fingerprint density at radius 1 is 1.06 bits per heavy atom. The number of benzene rings is 1. The lowest BCUT2D eigenvalue weighted by molar-refractivity contribution is -0.135. The maximum atomic E-state index is 11.4. The van der Waals surface area contributed by atoms with Crippen LogP contribution in [0.2, 0.25) is 0 Å². The van der Waals surface area contributed by atoms with E-state index >= 15 is 0 Å². The maximum absolute atomic E-state index is 11.4. The summed E-state index contributed by atoms with van der Waals surface area (Å²) in [5.41, 5.74) is -0.221. The van der Waals surface area contributed by atoms with Gasteiger partial charge in [0, 0.05) is 0 Å². The number of carbonyl (C=O) groups excluding carboxylic acids is 1. The quantitative estimate of drug-likeness (QED) is 0.676. The van der Waals surface area contributed by atoms with Gasteiger partial charge < -0.3 is 15.5 Å². The highest BCUT2D eigenvalue weighted by atomic mass is 16.4. The molecule has 0 aliphatic rings. The van der Waals surface area contributed by atoms with Gasteiger partial charge in [-0.05, 0) is 12.1 Å². The molecule has 0 atom stereocenters. The zero-order valence-electron chi connectivity index (χ0n) is 8.14. The van der Waals surface area contributed by atoms with E-state index in [9.17, 15) is 14.4 Å². The highest BCUT2D eigenvalue weighted by molar-refractivity contribution is 6.05. The fourth-order valence-corrected chi connectivity index (χ4v) is 1.12. The van der Waals surface area contributed by atoms with Gasteiger partial charge in [0.1, 0.15) is 6.54 Å². The van der Waals surface area contributed by atoms with Crippen LogP contribution in [0.4, 0.5) is 0 Å². The van der Waals surface area contributed by atoms with Gasteiger partial charge in [-0.3, -0.25) is 9.59 Å². The van der Waals surface area contributed by atoms with Crippen molar-refractivity contribution in [1.29, 1.82) is 0 Å². The van der Waals surface area contributed by atoms with Gasteiger partial charge in [-0.25, -0.2) is 4.79 Å². The zero-order valence-corrected chi connectivity index (χ0v) is 8.14. The fourth-order valence-electron chi connectivity index (χ4n) is 1.12. The SMILES string of the molecule is O=C(O)CNC(=O)c1ccccc1C(=O)O. The van der Waals surface area contributed by atoms with Crippen LogP contribution in [0.1, 0.15) is 20.7 Å². The summed E-state index contributed by atoms with van der Waals surface area (Å²) in [6, 6.07) is 5.58. The minimum atomic E-state index is -1.24. The molecule has 16 heavy (non-hydrogen) atoms. The predicted octanol–water partition coefficient (Wildman–Crippen LogP) is 0.199. The Morgan fingerprint density at radius 2 is 1.62 bits per heavy atom. The number of hydrogen-bond acceptors (Lipinski definition) is 3. The highest BCUT2D eigenvalue weighted by Crippen LogP contribution is 2.08. The van der Waals surface area contributed by atoms with Crippen LogP contribution in [-0.2, 0) is 4.79 Å². The van der Waals surface area contributed by atoms with Crippen molar-refractivity contribution in [3.63, 3.8) is 0 Å². The van der Waals surface area contributed by atoms with Crippen molar-refractivity contribution in [2.75, 3.05) is 6.54 Å². The molecule has 0 fully saturated rings. The van der Waals surface area contributed by atoms with Gasteiger partial charge in [-0.2, -0.15) is 0 Å². The first kappa shape index (κ1) is 11.7. The summed E-state index contributed by atoms with van der Waals surface area (Å²) in [7, 11) is 0. The van der Waals surface area contributed by atoms with E-state index in [1.54, 1.807) is 0 Å². The van der Waals surface area contributed by atoms with Gasteiger partial charge in [0.25, 0.3) is 5.91 Å². The van der Waals surface area contributed by atoms with Crippen LogP contribution in [0.5, 0.6) is 0 Å². The summed E-state index contributed by atoms with van der Waals surface area (Å²) in [4.78, 5) is 32.4. The molecule has 3 N–H and O–H groups in total. The number of aliphatic carboxylic acids is 1. The molecule has 1 rings (SSSR count). The largest absolute Gasteiger partial charge is 0.480 e. The molecule has 0 saturated heterocycles. The molecule has 0 aliphatic carbocycles. The highest BCUT2D eigenvalue weighted by Gasteiger charge is 2.15. The molecule has 0 radical (unpaired) electrons. The Balaban J connectivity index is 2.90. The van der Waals surface area contributed by atoms with Crippen LogP contribution >= 0.6 is 0 Å². The molecular formula is C10H9NO5. The molecule has 0 aliphatic heterocycles. The summed E-state index contributed by atoms with van der Waals surface area (Å²) in [5, 5.41) is 19.2. The smallest absolute Gasteiger partial charge is 0.336 e. The normalized spacial score (nSPS) is 9.50. The van der Waals surface area contributed by atoms with Crippen molar-refractivity contribution in [3.05, 3.63) is 35.4 Å². The monoisotopic (exact) mass is 223 g/mol. The first-order valence-corrected chi connectivity index (χ1v) is 4.34. The number of hydrogen-bond donors (Lipinski definition) is 3. The van der Waals surface area contributed by atoms with Crippen molar-refractivity contribution in [1.82, 2.24) is 5.32 Å². The number of aromatic carboxylic acids is 1. The van der Waals surface area contributed by atoms with Gasteiger partial charge in [0.15, 0.2) is 0 Å². The van der Waals surface area contributed by atoms with Crippen molar-refractivity contribution in [3.8, 4) is 0 Å². The fraction of sp³-hybridized carbons (Fsp3) is 0.100. The van der Waals surface area contributed by atoms with E-state index in [0.717, 1.165) is 0 Å². The molecule has 0 unspecified atom stereocenters. The van der Waals surface area contributed by atoms with E-state index < -0.39 is 24.4 Å². The van der Waals surface area contributed by atoms with Crippen molar-refractivity contribution < 1.29 is 24.6 Å². The lowest BCUT2D eigenvalue weighted by Gasteiger charge is -2.05. The van der Waals surface area contributed by atoms with E-state index in [0.29, 0.717) is 0 Å². The third kappa shape index (κ3) is 2.81. The molecule has 1 amide bonds. The van der Waals surface area contributed by atoms with Gasteiger partial charge >= 0.3 is 11.9 Å². The summed E-state index contributed by atoms with van der Waals surface area (Å²) in [6.07, 6.45) is 0. The van der Waals surface area contributed by atoms with E-state index in [4.69, 9.17) is 10.2 Å². The topological polar surface area (TPSA) is 104 Å². The summed E-state index contributed by atoms with van der Waals surface area (Å²) >= 11 is 0. The van der Waals surface area contributed by atoms with Crippen molar-refractivity contribution >= 4 is 17.8 Å².